The van der Waals surface area contributed by atoms with Crippen LogP contribution in [0.2, 0.25) is 0 Å². The van der Waals surface area contributed by atoms with Crippen LogP contribution in [0.25, 0.3) is 10.8 Å². The van der Waals surface area contributed by atoms with Crippen LogP contribution < -0.4 is 0 Å². The summed E-state index contributed by atoms with van der Waals surface area (Å²) in [7, 11) is 0. The molecule has 2 aromatic rings. The van der Waals surface area contributed by atoms with E-state index >= 15 is 0 Å². The van der Waals surface area contributed by atoms with Crippen molar-refractivity contribution in [3.05, 3.63) is 48.0 Å². The zero-order valence-corrected chi connectivity index (χ0v) is 9.86. The van der Waals surface area contributed by atoms with Crippen LogP contribution in [0.1, 0.15) is 24.8 Å². The number of aryl methyl sites for hydroxylation is 1. The summed E-state index contributed by atoms with van der Waals surface area (Å²) >= 11 is 0. The lowest BCUT2D eigenvalue weighted by Crippen LogP contribution is -2.02. The number of carbonyl (C=O) groups excluding carboxylic acids is 1. The molecule has 0 unspecified atom stereocenters. The smallest absolute Gasteiger partial charge is 0.136 e. The van der Waals surface area contributed by atoms with E-state index in [1.165, 1.54) is 16.3 Å². The maximum absolute atomic E-state index is 11.7. The van der Waals surface area contributed by atoms with Gasteiger partial charge in [0.15, 0.2) is 0 Å². The number of hydrogen-bond acceptors (Lipinski definition) is 1. The quantitative estimate of drug-likeness (QED) is 0.773. The van der Waals surface area contributed by atoms with Crippen molar-refractivity contribution >= 4 is 16.6 Å². The van der Waals surface area contributed by atoms with Crippen LogP contribution in [-0.2, 0) is 11.2 Å². The van der Waals surface area contributed by atoms with Gasteiger partial charge in [-0.1, -0.05) is 42.5 Å². The van der Waals surface area contributed by atoms with Gasteiger partial charge >= 0.3 is 0 Å². The topological polar surface area (TPSA) is 17.1 Å². The van der Waals surface area contributed by atoms with Gasteiger partial charge < -0.3 is 0 Å². The van der Waals surface area contributed by atoms with Crippen molar-refractivity contribution in [2.24, 2.45) is 5.92 Å². The van der Waals surface area contributed by atoms with E-state index in [1.807, 2.05) is 0 Å². The highest BCUT2D eigenvalue weighted by atomic mass is 16.1. The number of fused-ring (bicyclic) bond motifs is 1. The number of carbonyl (C=O) groups is 1. The van der Waals surface area contributed by atoms with Crippen LogP contribution in [0.15, 0.2) is 42.5 Å². The molecule has 1 nitrogen and oxygen atoms in total. The zero-order valence-electron chi connectivity index (χ0n) is 9.86. The first-order chi connectivity index (χ1) is 8.34. The van der Waals surface area contributed by atoms with Gasteiger partial charge in [0.25, 0.3) is 0 Å². The first-order valence-electron chi connectivity index (χ1n) is 6.34. The van der Waals surface area contributed by atoms with E-state index in [0.717, 1.165) is 19.3 Å². The summed E-state index contributed by atoms with van der Waals surface area (Å²) in [4.78, 5) is 11.7. The summed E-state index contributed by atoms with van der Waals surface area (Å²) in [6.07, 6.45) is 3.83. The lowest BCUT2D eigenvalue weighted by molar-refractivity contribution is -0.120. The molecule has 0 spiro atoms. The first kappa shape index (κ1) is 10.5. The Labute approximate surface area is 101 Å². The van der Waals surface area contributed by atoms with E-state index in [4.69, 9.17) is 0 Å². The molecule has 0 bridgehead atoms. The van der Waals surface area contributed by atoms with Crippen molar-refractivity contribution in [1.29, 1.82) is 0 Å². The Balaban J connectivity index is 1.82. The number of ketones is 1. The van der Waals surface area contributed by atoms with Crippen molar-refractivity contribution in [2.45, 2.75) is 25.7 Å². The largest absolute Gasteiger partial charge is 0.299 e. The Morgan fingerprint density at radius 1 is 1.06 bits per heavy atom. The number of rotatable bonds is 4. The second-order valence-electron chi connectivity index (χ2n) is 4.88. The Hall–Kier alpha value is -1.63. The van der Waals surface area contributed by atoms with Gasteiger partial charge in [-0.2, -0.15) is 0 Å². The third-order valence-corrected chi connectivity index (χ3v) is 3.55. The minimum Gasteiger partial charge on any atom is -0.299 e. The number of hydrogen-bond donors (Lipinski definition) is 0. The summed E-state index contributed by atoms with van der Waals surface area (Å²) in [5, 5.41) is 2.56. The number of benzene rings is 2. The number of Topliss-reactive ketones (excluding diaryl/α,β-unsaturated/α-hetero) is 1. The van der Waals surface area contributed by atoms with Gasteiger partial charge in [0.05, 0.1) is 0 Å². The average Bonchev–Trinajstić information content (AvgIpc) is 3.20. The van der Waals surface area contributed by atoms with Gasteiger partial charge in [-0.25, -0.2) is 0 Å². The second-order valence-corrected chi connectivity index (χ2v) is 4.88. The molecule has 1 aliphatic rings. The van der Waals surface area contributed by atoms with Crippen molar-refractivity contribution in [1.82, 2.24) is 0 Å². The molecule has 0 amide bonds. The predicted octanol–water partition coefficient (Wildman–Crippen LogP) is 3.75. The highest BCUT2D eigenvalue weighted by Crippen LogP contribution is 2.31. The molecule has 0 aromatic heterocycles. The molecule has 86 valence electrons. The summed E-state index contributed by atoms with van der Waals surface area (Å²) in [5.41, 5.74) is 1.30. The zero-order chi connectivity index (χ0) is 11.7. The lowest BCUT2D eigenvalue weighted by atomic mass is 9.99. The van der Waals surface area contributed by atoms with Crippen molar-refractivity contribution in [3.63, 3.8) is 0 Å². The SMILES string of the molecule is O=C(CCc1cccc2ccccc12)C1CC1. The molecule has 0 N–H and O–H groups in total. The van der Waals surface area contributed by atoms with E-state index in [2.05, 4.69) is 42.5 Å². The van der Waals surface area contributed by atoms with E-state index in [0.29, 0.717) is 18.1 Å². The molecule has 0 heterocycles. The van der Waals surface area contributed by atoms with Crippen molar-refractivity contribution in [2.75, 3.05) is 0 Å². The average molecular weight is 224 g/mol. The molecule has 1 saturated carbocycles. The van der Waals surface area contributed by atoms with Gasteiger partial charge in [-0.3, -0.25) is 4.79 Å². The third kappa shape index (κ3) is 2.23. The maximum atomic E-state index is 11.7. The van der Waals surface area contributed by atoms with Crippen LogP contribution in [0.3, 0.4) is 0 Å². The summed E-state index contributed by atoms with van der Waals surface area (Å²) in [6, 6.07) is 14.7. The first-order valence-corrected chi connectivity index (χ1v) is 6.34. The Morgan fingerprint density at radius 3 is 2.65 bits per heavy atom. The van der Waals surface area contributed by atoms with E-state index in [1.54, 1.807) is 0 Å². The van der Waals surface area contributed by atoms with Gasteiger partial charge in [0, 0.05) is 12.3 Å². The molecule has 2 aromatic carbocycles. The molecule has 17 heavy (non-hydrogen) atoms. The minimum absolute atomic E-state index is 0.393. The van der Waals surface area contributed by atoms with Crippen LogP contribution in [0.4, 0.5) is 0 Å². The minimum atomic E-state index is 0.393. The standard InChI is InChI=1S/C16H16O/c17-16(14-8-9-14)11-10-13-6-3-5-12-4-1-2-7-15(12)13/h1-7,14H,8-11H2. The van der Waals surface area contributed by atoms with Crippen LogP contribution in [0.5, 0.6) is 0 Å². The molecule has 3 rings (SSSR count). The normalized spacial score (nSPS) is 15.1. The molecular formula is C16H16O. The summed E-state index contributed by atoms with van der Waals surface area (Å²) < 4.78 is 0. The second kappa shape index (κ2) is 4.33. The molecule has 1 aliphatic carbocycles. The maximum Gasteiger partial charge on any atom is 0.136 e. The van der Waals surface area contributed by atoms with Crippen molar-refractivity contribution < 1.29 is 4.79 Å². The highest BCUT2D eigenvalue weighted by Gasteiger charge is 2.28. The van der Waals surface area contributed by atoms with E-state index in [9.17, 15) is 4.79 Å². The fraction of sp³-hybridized carbons (Fsp3) is 0.312. The molecular weight excluding hydrogens is 208 g/mol. The molecule has 0 atom stereocenters. The molecule has 1 fully saturated rings. The molecule has 1 heteroatoms. The Morgan fingerprint density at radius 2 is 1.82 bits per heavy atom. The van der Waals surface area contributed by atoms with Crippen molar-refractivity contribution in [3.8, 4) is 0 Å². The fourth-order valence-electron chi connectivity index (χ4n) is 2.38. The summed E-state index contributed by atoms with van der Waals surface area (Å²) in [5.74, 6) is 0.850. The summed E-state index contributed by atoms with van der Waals surface area (Å²) in [6.45, 7) is 0. The van der Waals surface area contributed by atoms with E-state index < -0.39 is 0 Å². The predicted molar refractivity (Wildman–Crippen MR) is 70.0 cm³/mol. The van der Waals surface area contributed by atoms with Gasteiger partial charge in [-0.15, -0.1) is 0 Å². The lowest BCUT2D eigenvalue weighted by Gasteiger charge is -2.05. The van der Waals surface area contributed by atoms with Gasteiger partial charge in [0.2, 0.25) is 0 Å². The fourth-order valence-corrected chi connectivity index (χ4v) is 2.38. The Kier molecular flexibility index (Phi) is 2.68. The monoisotopic (exact) mass is 224 g/mol. The Bertz CT molecular complexity index is 547. The van der Waals surface area contributed by atoms with Gasteiger partial charge in [-0.05, 0) is 35.6 Å². The molecule has 0 aliphatic heterocycles. The molecule has 0 radical (unpaired) electrons. The van der Waals surface area contributed by atoms with Crippen LogP contribution in [-0.4, -0.2) is 5.78 Å². The highest BCUT2D eigenvalue weighted by molar-refractivity contribution is 5.87. The van der Waals surface area contributed by atoms with Crippen LogP contribution >= 0.6 is 0 Å². The van der Waals surface area contributed by atoms with Gasteiger partial charge in [0.1, 0.15) is 5.78 Å². The van der Waals surface area contributed by atoms with E-state index in [-0.39, 0.29) is 0 Å². The van der Waals surface area contributed by atoms with Crippen LogP contribution in [0, 0.1) is 5.92 Å². The third-order valence-electron chi connectivity index (χ3n) is 3.55. The molecule has 0 saturated heterocycles.